The molecule has 0 heterocycles. The van der Waals surface area contributed by atoms with Crippen LogP contribution >= 0.6 is 0 Å². The average Bonchev–Trinajstić information content (AvgIpc) is 2.10. The van der Waals surface area contributed by atoms with Gasteiger partial charge in [-0.2, -0.15) is 0 Å². The number of hydrogen-bond acceptors (Lipinski definition) is 3. The van der Waals surface area contributed by atoms with Gasteiger partial charge < -0.3 is 4.90 Å². The number of nitrogens with zero attached hydrogens (tertiary/aromatic N) is 1. The fourth-order valence-corrected chi connectivity index (χ4v) is 1.19. The monoisotopic (exact) mass is 179 g/mol. The third kappa shape index (κ3) is 2.44. The summed E-state index contributed by atoms with van der Waals surface area (Å²) in [5.41, 5.74) is 6.43. The molecule has 0 saturated heterocycles. The number of rotatable bonds is 3. The van der Waals surface area contributed by atoms with E-state index in [2.05, 4.69) is 42.4 Å². The molecule has 3 nitrogen and oxygen atoms in total. The van der Waals surface area contributed by atoms with Gasteiger partial charge >= 0.3 is 0 Å². The van der Waals surface area contributed by atoms with Gasteiger partial charge in [-0.15, -0.1) is 0 Å². The van der Waals surface area contributed by atoms with Gasteiger partial charge in [0.15, 0.2) is 0 Å². The normalized spacial score (nSPS) is 10.2. The Morgan fingerprint density at radius 3 is 2.54 bits per heavy atom. The third-order valence-electron chi connectivity index (χ3n) is 2.26. The van der Waals surface area contributed by atoms with E-state index in [4.69, 9.17) is 5.84 Å². The van der Waals surface area contributed by atoms with E-state index in [0.717, 1.165) is 0 Å². The van der Waals surface area contributed by atoms with Gasteiger partial charge in [-0.05, 0) is 37.1 Å². The highest BCUT2D eigenvalue weighted by Crippen LogP contribution is 2.16. The van der Waals surface area contributed by atoms with Crippen LogP contribution in [0.4, 0.5) is 5.69 Å². The van der Waals surface area contributed by atoms with Crippen molar-refractivity contribution < 1.29 is 0 Å². The number of hydrogen-bond donors (Lipinski definition) is 2. The van der Waals surface area contributed by atoms with E-state index in [9.17, 15) is 0 Å². The number of benzene rings is 1. The summed E-state index contributed by atoms with van der Waals surface area (Å²) in [6.45, 7) is 4.88. The standard InChI is InChI=1S/C10H17N3/c1-8-4-5-10(6-9(8)2)13(3)7-12-11/h4-6,12H,7,11H2,1-3H3. The third-order valence-corrected chi connectivity index (χ3v) is 2.26. The molecular formula is C10H17N3. The van der Waals surface area contributed by atoms with Crippen LogP contribution in [0.15, 0.2) is 18.2 Å². The zero-order valence-electron chi connectivity index (χ0n) is 8.46. The van der Waals surface area contributed by atoms with Crippen LogP contribution < -0.4 is 16.2 Å². The van der Waals surface area contributed by atoms with Crippen LogP contribution in [0.2, 0.25) is 0 Å². The quantitative estimate of drug-likeness (QED) is 0.415. The van der Waals surface area contributed by atoms with Gasteiger partial charge in [0.2, 0.25) is 0 Å². The molecule has 0 atom stereocenters. The van der Waals surface area contributed by atoms with Gasteiger partial charge in [0.1, 0.15) is 0 Å². The lowest BCUT2D eigenvalue weighted by Gasteiger charge is -2.19. The summed E-state index contributed by atoms with van der Waals surface area (Å²) >= 11 is 0. The second-order valence-corrected chi connectivity index (χ2v) is 3.33. The lowest BCUT2D eigenvalue weighted by atomic mass is 10.1. The molecule has 3 N–H and O–H groups in total. The molecule has 0 amide bonds. The molecule has 0 aliphatic carbocycles. The van der Waals surface area contributed by atoms with E-state index >= 15 is 0 Å². The zero-order chi connectivity index (χ0) is 9.84. The van der Waals surface area contributed by atoms with Gasteiger partial charge in [0, 0.05) is 12.7 Å². The topological polar surface area (TPSA) is 41.3 Å². The molecule has 0 radical (unpaired) electrons. The molecule has 0 fully saturated rings. The Morgan fingerprint density at radius 1 is 1.31 bits per heavy atom. The zero-order valence-corrected chi connectivity index (χ0v) is 8.46. The Kier molecular flexibility index (Phi) is 3.28. The van der Waals surface area contributed by atoms with Crippen molar-refractivity contribution in [3.05, 3.63) is 29.3 Å². The van der Waals surface area contributed by atoms with E-state index in [0.29, 0.717) is 6.67 Å². The molecule has 0 aliphatic rings. The molecule has 1 aromatic rings. The van der Waals surface area contributed by atoms with Crippen molar-refractivity contribution >= 4 is 5.69 Å². The van der Waals surface area contributed by atoms with Crippen LogP contribution in [0.5, 0.6) is 0 Å². The Balaban J connectivity index is 2.84. The first-order valence-corrected chi connectivity index (χ1v) is 4.37. The summed E-state index contributed by atoms with van der Waals surface area (Å²) in [5.74, 6) is 5.24. The van der Waals surface area contributed by atoms with Crippen LogP contribution in [0.1, 0.15) is 11.1 Å². The second kappa shape index (κ2) is 4.25. The molecule has 13 heavy (non-hydrogen) atoms. The van der Waals surface area contributed by atoms with Gasteiger partial charge in [0.25, 0.3) is 0 Å². The number of nitrogens with one attached hydrogen (secondary N) is 1. The van der Waals surface area contributed by atoms with Crippen molar-refractivity contribution in [3.63, 3.8) is 0 Å². The maximum atomic E-state index is 5.24. The molecule has 0 spiro atoms. The van der Waals surface area contributed by atoms with Crippen molar-refractivity contribution in [3.8, 4) is 0 Å². The number of hydrazine groups is 1. The smallest absolute Gasteiger partial charge is 0.0805 e. The van der Waals surface area contributed by atoms with Crippen LogP contribution in [0, 0.1) is 13.8 Å². The maximum absolute atomic E-state index is 5.24. The summed E-state index contributed by atoms with van der Waals surface area (Å²) in [4.78, 5) is 2.06. The van der Waals surface area contributed by atoms with Gasteiger partial charge in [-0.25, -0.2) is 5.43 Å². The molecule has 3 heteroatoms. The Bertz CT molecular complexity index is 283. The van der Waals surface area contributed by atoms with Gasteiger partial charge in [-0.1, -0.05) is 6.07 Å². The molecule has 0 bridgehead atoms. The molecule has 1 aromatic carbocycles. The fourth-order valence-electron chi connectivity index (χ4n) is 1.19. The van der Waals surface area contributed by atoms with E-state index in [1.54, 1.807) is 0 Å². The van der Waals surface area contributed by atoms with E-state index in [1.807, 2.05) is 7.05 Å². The summed E-state index contributed by atoms with van der Waals surface area (Å²) in [6, 6.07) is 6.38. The van der Waals surface area contributed by atoms with Gasteiger partial charge in [0.05, 0.1) is 6.67 Å². The highest BCUT2D eigenvalue weighted by Gasteiger charge is 2.00. The predicted octanol–water partition coefficient (Wildman–Crippen LogP) is 1.16. The van der Waals surface area contributed by atoms with Crippen LogP contribution in [-0.2, 0) is 0 Å². The van der Waals surface area contributed by atoms with E-state index < -0.39 is 0 Å². The molecule has 1 rings (SSSR count). The summed E-state index contributed by atoms with van der Waals surface area (Å²) < 4.78 is 0. The van der Waals surface area contributed by atoms with Crippen LogP contribution in [0.25, 0.3) is 0 Å². The Labute approximate surface area is 79.5 Å². The first-order valence-electron chi connectivity index (χ1n) is 4.37. The highest BCUT2D eigenvalue weighted by molar-refractivity contribution is 5.49. The minimum Gasteiger partial charge on any atom is -0.361 e. The summed E-state index contributed by atoms with van der Waals surface area (Å²) in [5, 5.41) is 0. The number of aryl methyl sites for hydroxylation is 2. The SMILES string of the molecule is Cc1ccc(N(C)CNN)cc1C. The first kappa shape index (κ1) is 10.0. The highest BCUT2D eigenvalue weighted by atomic mass is 15.3. The van der Waals surface area contributed by atoms with Crippen molar-refractivity contribution in [2.24, 2.45) is 5.84 Å². The van der Waals surface area contributed by atoms with Crippen molar-refractivity contribution in [1.82, 2.24) is 5.43 Å². The molecule has 0 aromatic heterocycles. The summed E-state index contributed by atoms with van der Waals surface area (Å²) in [7, 11) is 2.00. The minimum absolute atomic E-state index is 0.655. The first-order chi connectivity index (χ1) is 6.15. The van der Waals surface area contributed by atoms with E-state index in [-0.39, 0.29) is 0 Å². The van der Waals surface area contributed by atoms with Crippen molar-refractivity contribution in [1.29, 1.82) is 0 Å². The van der Waals surface area contributed by atoms with Crippen molar-refractivity contribution in [2.75, 3.05) is 18.6 Å². The average molecular weight is 179 g/mol. The molecular weight excluding hydrogens is 162 g/mol. The van der Waals surface area contributed by atoms with Crippen LogP contribution in [-0.4, -0.2) is 13.7 Å². The number of nitrogens with two attached hydrogens (primary N) is 1. The fraction of sp³-hybridized carbons (Fsp3) is 0.400. The molecule has 0 aliphatic heterocycles. The van der Waals surface area contributed by atoms with Crippen molar-refractivity contribution in [2.45, 2.75) is 13.8 Å². The maximum Gasteiger partial charge on any atom is 0.0805 e. The number of anilines is 1. The molecule has 72 valence electrons. The van der Waals surface area contributed by atoms with Gasteiger partial charge in [-0.3, -0.25) is 5.84 Å². The lowest BCUT2D eigenvalue weighted by Crippen LogP contribution is -2.35. The van der Waals surface area contributed by atoms with E-state index in [1.165, 1.54) is 16.8 Å². The predicted molar refractivity (Wildman–Crippen MR) is 56.5 cm³/mol. The Morgan fingerprint density at radius 2 is 2.00 bits per heavy atom. The minimum atomic E-state index is 0.655. The summed E-state index contributed by atoms with van der Waals surface area (Å²) in [6.07, 6.45) is 0. The largest absolute Gasteiger partial charge is 0.361 e. The lowest BCUT2D eigenvalue weighted by molar-refractivity contribution is 0.717. The molecule has 0 saturated carbocycles. The second-order valence-electron chi connectivity index (χ2n) is 3.33. The van der Waals surface area contributed by atoms with Crippen LogP contribution in [0.3, 0.4) is 0 Å². The Hall–Kier alpha value is -1.06. The molecule has 0 unspecified atom stereocenters.